The first-order valence-corrected chi connectivity index (χ1v) is 11.0. The van der Waals surface area contributed by atoms with Gasteiger partial charge in [0.15, 0.2) is 17.5 Å². The molecule has 0 spiro atoms. The Labute approximate surface area is 188 Å². The minimum Gasteiger partial charge on any atom is -0.490 e. The van der Waals surface area contributed by atoms with Crippen LogP contribution in [0, 0.1) is 0 Å². The Morgan fingerprint density at radius 1 is 1.06 bits per heavy atom. The number of nitrogens with one attached hydrogen (secondary N) is 2. The average Bonchev–Trinajstić information content (AvgIpc) is 3.27. The zero-order chi connectivity index (χ0) is 22.6. The monoisotopic (exact) mass is 437 g/mol. The second-order valence-electron chi connectivity index (χ2n) is 6.90. The van der Waals surface area contributed by atoms with Crippen LogP contribution in [0.1, 0.15) is 32.2 Å². The van der Waals surface area contributed by atoms with Crippen LogP contribution in [0.2, 0.25) is 0 Å². The van der Waals surface area contributed by atoms with E-state index in [1.807, 2.05) is 54.8 Å². The lowest BCUT2D eigenvalue weighted by Crippen LogP contribution is -2.38. The lowest BCUT2D eigenvalue weighted by atomic mass is 10.3. The van der Waals surface area contributed by atoms with Crippen LogP contribution in [0.5, 0.6) is 17.4 Å². The Balaban J connectivity index is 1.55. The molecule has 0 aliphatic carbocycles. The Bertz CT molecular complexity index is 986. The van der Waals surface area contributed by atoms with E-state index in [2.05, 4.69) is 37.7 Å². The summed E-state index contributed by atoms with van der Waals surface area (Å²) in [4.78, 5) is 9.06. The molecule has 0 unspecified atom stereocenters. The fourth-order valence-electron chi connectivity index (χ4n) is 3.03. The summed E-state index contributed by atoms with van der Waals surface area (Å²) in [5, 5.41) is 14.7. The first-order chi connectivity index (χ1) is 15.7. The highest BCUT2D eigenvalue weighted by Crippen LogP contribution is 2.30. The maximum absolute atomic E-state index is 5.88. The summed E-state index contributed by atoms with van der Waals surface area (Å²) in [7, 11) is 0. The van der Waals surface area contributed by atoms with Crippen LogP contribution in [0.4, 0.5) is 0 Å². The van der Waals surface area contributed by atoms with Crippen LogP contribution >= 0.6 is 0 Å². The molecule has 3 rings (SSSR count). The van der Waals surface area contributed by atoms with Crippen LogP contribution < -0.4 is 20.1 Å². The third-order valence-electron chi connectivity index (χ3n) is 4.58. The lowest BCUT2D eigenvalue weighted by molar-refractivity contribution is 0.319. The quantitative estimate of drug-likeness (QED) is 0.351. The van der Waals surface area contributed by atoms with Crippen LogP contribution in [0.15, 0.2) is 53.9 Å². The van der Waals surface area contributed by atoms with Crippen LogP contribution in [0.3, 0.4) is 0 Å². The summed E-state index contributed by atoms with van der Waals surface area (Å²) in [6, 6.07) is 11.4. The van der Waals surface area contributed by atoms with Crippen molar-refractivity contribution in [2.75, 3.05) is 19.7 Å². The fraction of sp³-hybridized carbons (Fsp3) is 0.391. The standard InChI is InChI=1S/C23H31N7O2/c1-4-21-29-28-17-30(21)14-13-25-23(24-5-2)27-16-18-11-12-22(26-15-18)32-20-10-8-7-9-19(20)31-6-3/h7-12,15,17H,4-6,13-14,16H2,1-3H3,(H2,24,25,27). The number of nitrogens with zero attached hydrogens (tertiary/aromatic N) is 5. The van der Waals surface area contributed by atoms with Crippen LogP contribution in [0.25, 0.3) is 0 Å². The summed E-state index contributed by atoms with van der Waals surface area (Å²) >= 11 is 0. The van der Waals surface area contributed by atoms with E-state index in [-0.39, 0.29) is 0 Å². The van der Waals surface area contributed by atoms with Gasteiger partial charge in [-0.05, 0) is 31.5 Å². The molecule has 0 atom stereocenters. The zero-order valence-corrected chi connectivity index (χ0v) is 18.9. The van der Waals surface area contributed by atoms with Gasteiger partial charge in [-0.1, -0.05) is 25.1 Å². The minimum absolute atomic E-state index is 0.505. The Hall–Kier alpha value is -3.62. The Morgan fingerprint density at radius 2 is 1.91 bits per heavy atom. The number of aliphatic imine (C=N–C) groups is 1. The lowest BCUT2D eigenvalue weighted by Gasteiger charge is -2.12. The van der Waals surface area contributed by atoms with Gasteiger partial charge in [0, 0.05) is 38.3 Å². The van der Waals surface area contributed by atoms with E-state index in [9.17, 15) is 0 Å². The average molecular weight is 438 g/mol. The summed E-state index contributed by atoms with van der Waals surface area (Å²) in [6.45, 7) is 9.41. The summed E-state index contributed by atoms with van der Waals surface area (Å²) in [5.74, 6) is 3.58. The van der Waals surface area contributed by atoms with Gasteiger partial charge in [0.1, 0.15) is 12.2 Å². The number of pyridine rings is 1. The number of aromatic nitrogens is 4. The smallest absolute Gasteiger partial charge is 0.219 e. The van der Waals surface area contributed by atoms with E-state index >= 15 is 0 Å². The third-order valence-corrected chi connectivity index (χ3v) is 4.58. The molecule has 0 fully saturated rings. The molecule has 9 nitrogen and oxygen atoms in total. The van der Waals surface area contributed by atoms with Crippen molar-refractivity contribution in [1.82, 2.24) is 30.4 Å². The second kappa shape index (κ2) is 12.3. The van der Waals surface area contributed by atoms with Gasteiger partial charge in [-0.25, -0.2) is 9.98 Å². The molecule has 32 heavy (non-hydrogen) atoms. The number of hydrogen-bond acceptors (Lipinski definition) is 6. The van der Waals surface area contributed by atoms with Crippen molar-refractivity contribution in [2.45, 2.75) is 40.3 Å². The minimum atomic E-state index is 0.505. The number of hydrogen-bond donors (Lipinski definition) is 2. The van der Waals surface area contributed by atoms with Crippen LogP contribution in [-0.2, 0) is 19.5 Å². The summed E-state index contributed by atoms with van der Waals surface area (Å²) < 4.78 is 13.5. The van der Waals surface area contributed by atoms with E-state index in [1.165, 1.54) is 0 Å². The molecule has 2 heterocycles. The van der Waals surface area contributed by atoms with Crippen molar-refractivity contribution in [3.63, 3.8) is 0 Å². The van der Waals surface area contributed by atoms with Gasteiger partial charge in [-0.2, -0.15) is 0 Å². The topological polar surface area (TPSA) is 98.5 Å². The molecule has 2 N–H and O–H groups in total. The number of guanidine groups is 1. The zero-order valence-electron chi connectivity index (χ0n) is 18.9. The molecule has 0 saturated heterocycles. The number of benzene rings is 1. The highest BCUT2D eigenvalue weighted by molar-refractivity contribution is 5.79. The van der Waals surface area contributed by atoms with E-state index < -0.39 is 0 Å². The van der Waals surface area contributed by atoms with Gasteiger partial charge in [0.2, 0.25) is 5.88 Å². The molecule has 0 amide bonds. The SMILES string of the molecule is CCNC(=NCc1ccc(Oc2ccccc2OCC)nc1)NCCn1cnnc1CC. The van der Waals surface area contributed by atoms with Gasteiger partial charge in [-0.15, -0.1) is 10.2 Å². The molecule has 9 heteroatoms. The van der Waals surface area contributed by atoms with E-state index in [4.69, 9.17) is 9.47 Å². The predicted octanol–water partition coefficient (Wildman–Crippen LogP) is 3.18. The van der Waals surface area contributed by atoms with Gasteiger partial charge in [0.05, 0.1) is 13.2 Å². The fourth-order valence-corrected chi connectivity index (χ4v) is 3.03. The molecule has 3 aromatic rings. The van der Waals surface area contributed by atoms with Gasteiger partial charge >= 0.3 is 0 Å². The molecule has 170 valence electrons. The predicted molar refractivity (Wildman–Crippen MR) is 124 cm³/mol. The highest BCUT2D eigenvalue weighted by Gasteiger charge is 2.06. The molecule has 0 saturated carbocycles. The Kier molecular flexibility index (Phi) is 8.85. The highest BCUT2D eigenvalue weighted by atomic mass is 16.5. The maximum Gasteiger partial charge on any atom is 0.219 e. The summed E-state index contributed by atoms with van der Waals surface area (Å²) in [5.41, 5.74) is 0.986. The number of para-hydroxylation sites is 2. The van der Waals surface area contributed by atoms with Gasteiger partial charge in [0.25, 0.3) is 0 Å². The molecule has 0 aliphatic rings. The molecular weight excluding hydrogens is 406 g/mol. The number of aryl methyl sites for hydroxylation is 1. The van der Waals surface area contributed by atoms with E-state index in [0.717, 1.165) is 43.4 Å². The first kappa shape index (κ1) is 23.1. The van der Waals surface area contributed by atoms with Crippen molar-refractivity contribution in [1.29, 1.82) is 0 Å². The molecule has 0 aliphatic heterocycles. The van der Waals surface area contributed by atoms with Gasteiger partial charge in [-0.3, -0.25) is 0 Å². The Morgan fingerprint density at radius 3 is 2.62 bits per heavy atom. The van der Waals surface area contributed by atoms with Crippen molar-refractivity contribution < 1.29 is 9.47 Å². The third kappa shape index (κ3) is 6.69. The molecule has 1 aromatic carbocycles. The van der Waals surface area contributed by atoms with Crippen molar-refractivity contribution >= 4 is 5.96 Å². The van der Waals surface area contributed by atoms with Crippen molar-refractivity contribution in [3.05, 3.63) is 60.3 Å². The largest absolute Gasteiger partial charge is 0.490 e. The summed E-state index contributed by atoms with van der Waals surface area (Å²) in [6.07, 6.45) is 4.39. The first-order valence-electron chi connectivity index (χ1n) is 11.0. The molecule has 0 radical (unpaired) electrons. The normalized spacial score (nSPS) is 11.3. The van der Waals surface area contributed by atoms with E-state index in [0.29, 0.717) is 30.5 Å². The molecule has 2 aromatic heterocycles. The van der Waals surface area contributed by atoms with Crippen molar-refractivity contribution in [2.24, 2.45) is 4.99 Å². The van der Waals surface area contributed by atoms with Crippen LogP contribution in [-0.4, -0.2) is 45.4 Å². The number of rotatable bonds is 11. The molecular formula is C23H31N7O2. The van der Waals surface area contributed by atoms with Gasteiger partial charge < -0.3 is 24.7 Å². The second-order valence-corrected chi connectivity index (χ2v) is 6.90. The number of ether oxygens (including phenoxy) is 2. The molecule has 0 bridgehead atoms. The van der Waals surface area contributed by atoms with E-state index in [1.54, 1.807) is 12.5 Å². The van der Waals surface area contributed by atoms with Crippen molar-refractivity contribution in [3.8, 4) is 17.4 Å². The maximum atomic E-state index is 5.88.